The maximum atomic E-state index is 12.3. The van der Waals surface area contributed by atoms with E-state index >= 15 is 0 Å². The predicted octanol–water partition coefficient (Wildman–Crippen LogP) is 2.11. The summed E-state index contributed by atoms with van der Waals surface area (Å²) < 4.78 is 23.1. The van der Waals surface area contributed by atoms with Crippen LogP contribution in [0.2, 0.25) is 0 Å². The lowest BCUT2D eigenvalue weighted by Crippen LogP contribution is -2.48. The van der Waals surface area contributed by atoms with Crippen LogP contribution in [0.15, 0.2) is 24.3 Å². The van der Waals surface area contributed by atoms with Gasteiger partial charge in [-0.25, -0.2) is 8.42 Å². The van der Waals surface area contributed by atoms with Crippen molar-refractivity contribution in [2.45, 2.75) is 32.7 Å². The first-order valence-corrected chi connectivity index (χ1v) is 9.18. The number of nitrogens with zero attached hydrogens (tertiary/aromatic N) is 1. The van der Waals surface area contributed by atoms with Gasteiger partial charge in [-0.2, -0.15) is 0 Å². The summed E-state index contributed by atoms with van der Waals surface area (Å²) in [4.78, 5) is 14.3. The second kappa shape index (κ2) is 6.28. The number of benzene rings is 1. The number of rotatable bonds is 4. The minimum Gasteiger partial charge on any atom is -0.293 e. The third-order valence-electron chi connectivity index (χ3n) is 4.05. The van der Waals surface area contributed by atoms with Gasteiger partial charge in [-0.05, 0) is 18.4 Å². The fraction of sp³-hybridized carbons (Fsp3) is 0.562. The van der Waals surface area contributed by atoms with E-state index in [1.807, 2.05) is 36.1 Å². The van der Waals surface area contributed by atoms with Crippen molar-refractivity contribution in [1.82, 2.24) is 4.90 Å². The van der Waals surface area contributed by atoms with E-state index in [9.17, 15) is 13.2 Å². The van der Waals surface area contributed by atoms with Gasteiger partial charge in [-0.1, -0.05) is 38.1 Å². The van der Waals surface area contributed by atoms with Gasteiger partial charge in [0.05, 0.1) is 18.1 Å². The van der Waals surface area contributed by atoms with Crippen LogP contribution in [-0.2, 0) is 9.84 Å². The van der Waals surface area contributed by atoms with Gasteiger partial charge < -0.3 is 0 Å². The normalized spacial score (nSPS) is 22.4. The van der Waals surface area contributed by atoms with Gasteiger partial charge in [-0.15, -0.1) is 0 Å². The largest absolute Gasteiger partial charge is 0.293 e. The Morgan fingerprint density at radius 2 is 1.90 bits per heavy atom. The van der Waals surface area contributed by atoms with Gasteiger partial charge in [0, 0.05) is 18.2 Å². The fourth-order valence-electron chi connectivity index (χ4n) is 2.60. The number of hydrogen-bond donors (Lipinski definition) is 0. The zero-order chi connectivity index (χ0) is 15.6. The number of hydrogen-bond acceptors (Lipinski definition) is 4. The molecule has 21 heavy (non-hydrogen) atoms. The van der Waals surface area contributed by atoms with Crippen LogP contribution >= 0.6 is 0 Å². The highest BCUT2D eigenvalue weighted by Gasteiger charge is 2.29. The Balaban J connectivity index is 2.01. The molecule has 1 aliphatic heterocycles. The van der Waals surface area contributed by atoms with E-state index in [4.69, 9.17) is 0 Å². The van der Waals surface area contributed by atoms with E-state index in [2.05, 4.69) is 13.8 Å². The molecule has 0 aromatic heterocycles. The molecule has 1 atom stereocenters. The maximum absolute atomic E-state index is 12.3. The maximum Gasteiger partial charge on any atom is 0.176 e. The molecule has 0 amide bonds. The molecule has 2 rings (SSSR count). The topological polar surface area (TPSA) is 54.5 Å². The van der Waals surface area contributed by atoms with Gasteiger partial charge in [0.1, 0.15) is 0 Å². The summed E-state index contributed by atoms with van der Waals surface area (Å²) in [7, 11) is -2.93. The molecule has 0 spiro atoms. The summed E-state index contributed by atoms with van der Waals surface area (Å²) in [5.41, 5.74) is 1.91. The van der Waals surface area contributed by atoms with Crippen molar-refractivity contribution >= 4 is 15.6 Å². The Kier molecular flexibility index (Phi) is 4.84. The van der Waals surface area contributed by atoms with E-state index in [-0.39, 0.29) is 29.9 Å². The number of carbonyl (C=O) groups excluding carboxylic acids is 1. The lowest BCUT2D eigenvalue weighted by atomic mass is 10.0. The average molecular weight is 309 g/mol. The van der Waals surface area contributed by atoms with Crippen molar-refractivity contribution in [1.29, 1.82) is 0 Å². The zero-order valence-corrected chi connectivity index (χ0v) is 13.7. The molecule has 1 aliphatic rings. The molecular formula is C16H23NO3S. The first-order chi connectivity index (χ1) is 9.78. The summed E-state index contributed by atoms with van der Waals surface area (Å²) >= 11 is 0. The van der Waals surface area contributed by atoms with E-state index in [0.29, 0.717) is 18.0 Å². The molecular weight excluding hydrogens is 286 g/mol. The molecule has 4 nitrogen and oxygen atoms in total. The SMILES string of the molecule is CC(C)c1ccc(C(=O)CN2CCS(=O)(=O)CC2C)cc1. The van der Waals surface area contributed by atoms with E-state index in [0.717, 1.165) is 0 Å². The lowest BCUT2D eigenvalue weighted by molar-refractivity contribution is 0.0908. The molecule has 0 radical (unpaired) electrons. The third kappa shape index (κ3) is 4.14. The number of carbonyl (C=O) groups is 1. The third-order valence-corrected chi connectivity index (χ3v) is 5.85. The van der Waals surface area contributed by atoms with Crippen molar-refractivity contribution in [3.05, 3.63) is 35.4 Å². The smallest absolute Gasteiger partial charge is 0.176 e. The fourth-order valence-corrected chi connectivity index (χ4v) is 4.22. The summed E-state index contributed by atoms with van der Waals surface area (Å²) in [5.74, 6) is 0.793. The van der Waals surface area contributed by atoms with Gasteiger partial charge in [0.25, 0.3) is 0 Å². The molecule has 1 aromatic rings. The van der Waals surface area contributed by atoms with Crippen molar-refractivity contribution in [2.75, 3.05) is 24.6 Å². The molecule has 1 heterocycles. The molecule has 5 heteroatoms. The van der Waals surface area contributed by atoms with Gasteiger partial charge >= 0.3 is 0 Å². The summed E-state index contributed by atoms with van der Waals surface area (Å²) in [6.07, 6.45) is 0. The quantitative estimate of drug-likeness (QED) is 0.799. The summed E-state index contributed by atoms with van der Waals surface area (Å²) in [6, 6.07) is 7.61. The number of sulfone groups is 1. The summed E-state index contributed by atoms with van der Waals surface area (Å²) in [5, 5.41) is 0. The molecule has 0 N–H and O–H groups in total. The molecule has 0 bridgehead atoms. The van der Waals surface area contributed by atoms with Crippen LogP contribution in [0.3, 0.4) is 0 Å². The Morgan fingerprint density at radius 3 is 2.43 bits per heavy atom. The molecule has 116 valence electrons. The Hall–Kier alpha value is -1.20. The van der Waals surface area contributed by atoms with Crippen LogP contribution in [0.4, 0.5) is 0 Å². The Labute approximate surface area is 127 Å². The van der Waals surface area contributed by atoms with Crippen LogP contribution < -0.4 is 0 Å². The van der Waals surface area contributed by atoms with Crippen LogP contribution in [0.5, 0.6) is 0 Å². The molecule has 0 aliphatic carbocycles. The highest BCUT2D eigenvalue weighted by molar-refractivity contribution is 7.91. The van der Waals surface area contributed by atoms with Gasteiger partial charge in [0.2, 0.25) is 0 Å². The highest BCUT2D eigenvalue weighted by atomic mass is 32.2. The van der Waals surface area contributed by atoms with Gasteiger partial charge in [0.15, 0.2) is 15.6 Å². The molecule has 1 saturated heterocycles. The van der Waals surface area contributed by atoms with Crippen LogP contribution in [0.1, 0.15) is 42.6 Å². The monoisotopic (exact) mass is 309 g/mol. The van der Waals surface area contributed by atoms with E-state index in [1.54, 1.807) is 0 Å². The van der Waals surface area contributed by atoms with Crippen LogP contribution in [0.25, 0.3) is 0 Å². The van der Waals surface area contributed by atoms with Crippen LogP contribution in [0, 0.1) is 0 Å². The second-order valence-corrected chi connectivity index (χ2v) is 8.36. The van der Waals surface area contributed by atoms with E-state index < -0.39 is 9.84 Å². The predicted molar refractivity (Wildman–Crippen MR) is 84.6 cm³/mol. The second-order valence-electron chi connectivity index (χ2n) is 6.13. The standard InChI is InChI=1S/C16H23NO3S/c1-12(2)14-4-6-15(7-5-14)16(18)10-17-8-9-21(19,20)11-13(17)3/h4-7,12-13H,8-11H2,1-3H3. The highest BCUT2D eigenvalue weighted by Crippen LogP contribution is 2.16. The summed E-state index contributed by atoms with van der Waals surface area (Å²) in [6.45, 7) is 6.84. The lowest BCUT2D eigenvalue weighted by Gasteiger charge is -2.32. The molecule has 1 fully saturated rings. The minimum absolute atomic E-state index is 0.0523. The average Bonchev–Trinajstić information content (AvgIpc) is 2.41. The van der Waals surface area contributed by atoms with Crippen molar-refractivity contribution < 1.29 is 13.2 Å². The molecule has 1 unspecified atom stereocenters. The Bertz CT molecular complexity index is 605. The van der Waals surface area contributed by atoms with Crippen LogP contribution in [-0.4, -0.2) is 49.7 Å². The molecule has 1 aromatic carbocycles. The van der Waals surface area contributed by atoms with Crippen molar-refractivity contribution in [3.63, 3.8) is 0 Å². The van der Waals surface area contributed by atoms with Crippen molar-refractivity contribution in [3.8, 4) is 0 Å². The van der Waals surface area contributed by atoms with Gasteiger partial charge in [-0.3, -0.25) is 9.69 Å². The van der Waals surface area contributed by atoms with E-state index in [1.165, 1.54) is 5.56 Å². The Morgan fingerprint density at radius 1 is 1.29 bits per heavy atom. The first kappa shape index (κ1) is 16.2. The zero-order valence-electron chi connectivity index (χ0n) is 12.9. The first-order valence-electron chi connectivity index (χ1n) is 7.36. The number of ketones is 1. The molecule has 0 saturated carbocycles. The number of Topliss-reactive ketones (excluding diaryl/α,β-unsaturated/α-hetero) is 1. The minimum atomic E-state index is -2.93. The van der Waals surface area contributed by atoms with Crippen molar-refractivity contribution in [2.24, 2.45) is 0 Å².